The first-order valence-electron chi connectivity index (χ1n) is 9.24. The van der Waals surface area contributed by atoms with E-state index < -0.39 is 6.97 Å². The fourth-order valence-electron chi connectivity index (χ4n) is 4.22. The molecule has 0 fully saturated rings. The molecule has 0 aliphatic carbocycles. The van der Waals surface area contributed by atoms with Gasteiger partial charge in [0.25, 0.3) is 0 Å². The van der Waals surface area contributed by atoms with Gasteiger partial charge in [0.1, 0.15) is 0 Å². The van der Waals surface area contributed by atoms with Crippen molar-refractivity contribution in [3.8, 4) is 11.8 Å². The van der Waals surface area contributed by atoms with Gasteiger partial charge in [-0.15, -0.1) is 0 Å². The largest absolute Gasteiger partial charge is 0.738 e. The van der Waals surface area contributed by atoms with Gasteiger partial charge in [-0.25, -0.2) is 0 Å². The first-order valence-corrected chi connectivity index (χ1v) is 9.24. The molecule has 0 saturated carbocycles. The van der Waals surface area contributed by atoms with Crippen LogP contribution in [0, 0.1) is 25.7 Å². The lowest BCUT2D eigenvalue weighted by molar-refractivity contribution is -0.316. The molecule has 5 heteroatoms. The summed E-state index contributed by atoms with van der Waals surface area (Å²) in [6.45, 7) is -0.442. The number of fused-ring (bicyclic) bond motifs is 4. The van der Waals surface area contributed by atoms with Crippen LogP contribution in [0.4, 0.5) is 8.63 Å². The molecule has 0 spiro atoms. The van der Waals surface area contributed by atoms with Crippen molar-refractivity contribution >= 4 is 24.5 Å². The number of nitrogens with zero attached hydrogens (tertiary/aromatic N) is 2. The lowest BCUT2D eigenvalue weighted by Gasteiger charge is -2.29. The van der Waals surface area contributed by atoms with Crippen molar-refractivity contribution in [3.63, 3.8) is 0 Å². The van der Waals surface area contributed by atoms with Crippen LogP contribution in [0.15, 0.2) is 60.7 Å². The number of hydrogen-bond acceptors (Lipinski definition) is 0. The summed E-state index contributed by atoms with van der Waals surface area (Å²) in [7, 11) is 0. The molecule has 0 radical (unpaired) electrons. The molecule has 28 heavy (non-hydrogen) atoms. The third kappa shape index (κ3) is 2.24. The Kier molecular flexibility index (Phi) is 3.48. The summed E-state index contributed by atoms with van der Waals surface area (Å²) in [4.78, 5) is 0. The van der Waals surface area contributed by atoms with Crippen LogP contribution in [-0.2, 0) is 0 Å². The molecule has 0 unspecified atom stereocenters. The maximum atomic E-state index is 15.8. The van der Waals surface area contributed by atoms with Crippen LogP contribution in [0.5, 0.6) is 0 Å². The lowest BCUT2D eigenvalue weighted by atomic mass is 9.90. The van der Waals surface area contributed by atoms with E-state index >= 15 is 8.63 Å². The average Bonchev–Trinajstić information content (AvgIpc) is 3.16. The topological polar surface area (TPSA) is 7.94 Å². The summed E-state index contributed by atoms with van der Waals surface area (Å²) in [5.41, 5.74) is 5.20. The molecule has 0 amide bonds. The van der Waals surface area contributed by atoms with Gasteiger partial charge in [0.2, 0.25) is 5.71 Å². The zero-order chi connectivity index (χ0) is 19.5. The highest BCUT2D eigenvalue weighted by Crippen LogP contribution is 2.40. The van der Waals surface area contributed by atoms with Crippen LogP contribution in [0.2, 0.25) is 0 Å². The van der Waals surface area contributed by atoms with E-state index in [0.717, 1.165) is 31.2 Å². The standard InChI is InChI=1S/C23H17BF2N2/c1-16-14-17(2)27-22(16)15-23-20-11-7-6-10-19(20)21(28(23)24(27,25)26)13-12-18-8-4-3-5-9-18/h3-11,14-15H,1-2H3. The molecule has 136 valence electrons. The average molecular weight is 370 g/mol. The first kappa shape index (κ1) is 16.8. The van der Waals surface area contributed by atoms with Gasteiger partial charge in [0, 0.05) is 23.3 Å². The van der Waals surface area contributed by atoms with Crippen LogP contribution in [-0.4, -0.2) is 21.6 Å². The van der Waals surface area contributed by atoms with Crippen molar-refractivity contribution in [1.29, 1.82) is 0 Å². The maximum absolute atomic E-state index is 15.8. The van der Waals surface area contributed by atoms with E-state index in [-0.39, 0.29) is 0 Å². The highest BCUT2D eigenvalue weighted by atomic mass is 19.2. The number of halogens is 2. The van der Waals surface area contributed by atoms with Crippen molar-refractivity contribution in [2.24, 2.45) is 0 Å². The Labute approximate surface area is 162 Å². The Balaban J connectivity index is 1.82. The molecule has 0 bridgehead atoms. The van der Waals surface area contributed by atoms with Crippen LogP contribution >= 0.6 is 0 Å². The summed E-state index contributed by atoms with van der Waals surface area (Å²) < 4.78 is 33.9. The van der Waals surface area contributed by atoms with E-state index in [9.17, 15) is 0 Å². The van der Waals surface area contributed by atoms with Crippen molar-refractivity contribution < 1.29 is 13.1 Å². The Hall–Kier alpha value is -3.39. The van der Waals surface area contributed by atoms with Crippen molar-refractivity contribution in [2.75, 3.05) is 0 Å². The van der Waals surface area contributed by atoms with Crippen LogP contribution < -0.4 is 0 Å². The van der Waals surface area contributed by atoms with E-state index in [4.69, 9.17) is 0 Å². The van der Waals surface area contributed by atoms with Gasteiger partial charge in [0.15, 0.2) is 5.70 Å². The zero-order valence-corrected chi connectivity index (χ0v) is 15.6. The fraction of sp³-hybridized carbons (Fsp3) is 0.0870. The lowest BCUT2D eigenvalue weighted by Crippen LogP contribution is -2.50. The van der Waals surface area contributed by atoms with Crippen molar-refractivity contribution in [1.82, 2.24) is 4.48 Å². The second kappa shape index (κ2) is 5.80. The third-order valence-electron chi connectivity index (χ3n) is 5.42. The minimum absolute atomic E-state index is 0.354. The smallest absolute Gasteiger partial charge is 0.394 e. The van der Waals surface area contributed by atoms with Crippen molar-refractivity contribution in [2.45, 2.75) is 13.8 Å². The van der Waals surface area contributed by atoms with Gasteiger partial charge in [0.05, 0.1) is 11.1 Å². The maximum Gasteiger partial charge on any atom is 0.738 e. The molecule has 3 aromatic rings. The molecule has 0 saturated heterocycles. The summed E-state index contributed by atoms with van der Waals surface area (Å²) in [5, 5.41) is 0. The molecule has 1 aromatic heterocycles. The number of aryl methyl sites for hydroxylation is 2. The van der Waals surface area contributed by atoms with E-state index in [0.29, 0.717) is 22.8 Å². The Morgan fingerprint density at radius 1 is 0.893 bits per heavy atom. The zero-order valence-electron chi connectivity index (χ0n) is 15.6. The van der Waals surface area contributed by atoms with Crippen LogP contribution in [0.3, 0.4) is 0 Å². The molecule has 0 N–H and O–H groups in total. The second-order valence-electron chi connectivity index (χ2n) is 7.22. The minimum Gasteiger partial charge on any atom is -0.394 e. The molecular weight excluding hydrogens is 353 g/mol. The Morgan fingerprint density at radius 3 is 2.32 bits per heavy atom. The molecule has 5 rings (SSSR count). The second-order valence-corrected chi connectivity index (χ2v) is 7.22. The number of benzene rings is 2. The van der Waals surface area contributed by atoms with Gasteiger partial charge in [-0.2, -0.15) is 0 Å². The minimum atomic E-state index is -4.04. The van der Waals surface area contributed by atoms with Crippen LogP contribution in [0.25, 0.3) is 11.8 Å². The molecule has 3 heterocycles. The molecule has 0 atom stereocenters. The SMILES string of the molecule is Cc1cc(C)n2c1C=C1c3ccccc3C(C#Cc3ccccc3)=[N+]1[B-]2(F)F. The molecular formula is C23H17BF2N2. The van der Waals surface area contributed by atoms with Gasteiger partial charge in [-0.1, -0.05) is 36.3 Å². The summed E-state index contributed by atoms with van der Waals surface area (Å²) >= 11 is 0. The quantitative estimate of drug-likeness (QED) is 0.400. The predicted octanol–water partition coefficient (Wildman–Crippen LogP) is 4.71. The number of hydrogen-bond donors (Lipinski definition) is 0. The Bertz CT molecular complexity index is 1250. The van der Waals surface area contributed by atoms with Crippen LogP contribution in [0.1, 0.15) is 33.6 Å². The molecule has 2 aromatic carbocycles. The normalized spacial score (nSPS) is 15.9. The molecule has 2 nitrogen and oxygen atoms in total. The highest BCUT2D eigenvalue weighted by Gasteiger charge is 2.55. The van der Waals surface area contributed by atoms with Gasteiger partial charge in [-0.3, -0.25) is 0 Å². The highest BCUT2D eigenvalue weighted by molar-refractivity contribution is 6.59. The van der Waals surface area contributed by atoms with Gasteiger partial charge >= 0.3 is 6.97 Å². The van der Waals surface area contributed by atoms with E-state index in [2.05, 4.69) is 11.8 Å². The monoisotopic (exact) mass is 370 g/mol. The van der Waals surface area contributed by atoms with E-state index in [1.165, 1.54) is 0 Å². The third-order valence-corrected chi connectivity index (χ3v) is 5.42. The molecule has 2 aliphatic rings. The predicted molar refractivity (Wildman–Crippen MR) is 109 cm³/mol. The van der Waals surface area contributed by atoms with Gasteiger partial charge in [-0.05, 0) is 55.4 Å². The van der Waals surface area contributed by atoms with E-state index in [1.807, 2.05) is 73.7 Å². The Morgan fingerprint density at radius 2 is 1.57 bits per heavy atom. The molecule has 2 aliphatic heterocycles. The number of aromatic nitrogens is 1. The number of rotatable bonds is 0. The summed E-state index contributed by atoms with van der Waals surface area (Å²) in [6.07, 6.45) is 1.86. The fourth-order valence-corrected chi connectivity index (χ4v) is 4.22. The first-order chi connectivity index (χ1) is 13.5. The van der Waals surface area contributed by atoms with Crippen molar-refractivity contribution in [3.05, 3.63) is 94.3 Å². The summed E-state index contributed by atoms with van der Waals surface area (Å²) in [6, 6.07) is 18.7. The summed E-state index contributed by atoms with van der Waals surface area (Å²) in [5.74, 6) is 6.09. The van der Waals surface area contributed by atoms with Gasteiger partial charge < -0.3 is 17.6 Å². The van der Waals surface area contributed by atoms with E-state index in [1.54, 1.807) is 6.92 Å².